The molecule has 3 aromatic rings. The second-order valence-electron chi connectivity index (χ2n) is 6.36. The summed E-state index contributed by atoms with van der Waals surface area (Å²) >= 11 is 1.51. The van der Waals surface area contributed by atoms with Crippen LogP contribution >= 0.6 is 11.3 Å². The Morgan fingerprint density at radius 1 is 1.37 bits per heavy atom. The van der Waals surface area contributed by atoms with Gasteiger partial charge in [-0.25, -0.2) is 9.78 Å². The zero-order valence-electron chi connectivity index (χ0n) is 14.3. The van der Waals surface area contributed by atoms with Crippen LogP contribution in [0.5, 0.6) is 0 Å². The highest BCUT2D eigenvalue weighted by Crippen LogP contribution is 2.39. The van der Waals surface area contributed by atoms with E-state index in [1.807, 2.05) is 17.5 Å². The van der Waals surface area contributed by atoms with Gasteiger partial charge in [0.2, 0.25) is 11.8 Å². The number of pyridine rings is 1. The topological polar surface area (TPSA) is 104 Å². The van der Waals surface area contributed by atoms with Crippen molar-refractivity contribution in [1.29, 1.82) is 0 Å². The SMILES string of the molecule is CN1C(=O)CC(C(=O)Nc2cnc3cc(C(=O)O)ccn23)C1c1cccs1. The number of nitrogens with one attached hydrogen (secondary N) is 1. The van der Waals surface area contributed by atoms with Gasteiger partial charge in [0.15, 0.2) is 0 Å². The summed E-state index contributed by atoms with van der Waals surface area (Å²) in [5.41, 5.74) is 0.534. The molecule has 8 nitrogen and oxygen atoms in total. The summed E-state index contributed by atoms with van der Waals surface area (Å²) in [4.78, 5) is 42.9. The fraction of sp³-hybridized carbons (Fsp3) is 0.222. The molecular weight excluding hydrogens is 368 g/mol. The first-order chi connectivity index (χ1) is 13.0. The summed E-state index contributed by atoms with van der Waals surface area (Å²) in [7, 11) is 1.71. The standard InChI is InChI=1S/C18H16N4O4S/c1-21-15(23)8-11(16(21)12-3-2-6-27-12)17(24)20-14-9-19-13-7-10(18(25)26)4-5-22(13)14/h2-7,9,11,16H,8H2,1H3,(H,20,24)(H,25,26). The molecule has 4 heterocycles. The summed E-state index contributed by atoms with van der Waals surface area (Å²) in [5, 5.41) is 13.8. The number of hydrogen-bond acceptors (Lipinski definition) is 5. The van der Waals surface area contributed by atoms with E-state index in [4.69, 9.17) is 5.11 Å². The van der Waals surface area contributed by atoms with Crippen LogP contribution in [0.2, 0.25) is 0 Å². The summed E-state index contributed by atoms with van der Waals surface area (Å²) in [5.74, 6) is -1.46. The number of nitrogens with zero attached hydrogens (tertiary/aromatic N) is 3. The zero-order valence-corrected chi connectivity index (χ0v) is 15.1. The number of anilines is 1. The Morgan fingerprint density at radius 3 is 2.89 bits per heavy atom. The molecule has 4 rings (SSSR count). The number of carboxylic acid groups (broad SMARTS) is 1. The Morgan fingerprint density at radius 2 is 2.19 bits per heavy atom. The number of carbonyl (C=O) groups is 3. The number of carbonyl (C=O) groups excluding carboxylic acids is 2. The Balaban J connectivity index is 1.61. The van der Waals surface area contributed by atoms with Crippen molar-refractivity contribution in [3.8, 4) is 0 Å². The molecule has 1 saturated heterocycles. The summed E-state index contributed by atoms with van der Waals surface area (Å²) in [6.45, 7) is 0. The van der Waals surface area contributed by atoms with Gasteiger partial charge in [-0.1, -0.05) is 6.07 Å². The molecule has 2 amide bonds. The number of carboxylic acids is 1. The van der Waals surface area contributed by atoms with Crippen LogP contribution in [0.15, 0.2) is 42.0 Å². The normalized spacial score (nSPS) is 19.6. The highest BCUT2D eigenvalue weighted by atomic mass is 32.1. The van der Waals surface area contributed by atoms with Crippen LogP contribution in [-0.4, -0.2) is 44.2 Å². The molecule has 138 valence electrons. The van der Waals surface area contributed by atoms with Gasteiger partial charge in [-0.3, -0.25) is 14.0 Å². The second kappa shape index (κ2) is 6.51. The second-order valence-corrected chi connectivity index (χ2v) is 7.34. The first kappa shape index (κ1) is 17.2. The van der Waals surface area contributed by atoms with Crippen LogP contribution in [0.1, 0.15) is 27.7 Å². The number of likely N-dealkylation sites (tertiary alicyclic amines) is 1. The van der Waals surface area contributed by atoms with E-state index < -0.39 is 11.9 Å². The van der Waals surface area contributed by atoms with Crippen LogP contribution in [0.3, 0.4) is 0 Å². The molecule has 2 atom stereocenters. The van der Waals surface area contributed by atoms with Crippen molar-refractivity contribution in [1.82, 2.24) is 14.3 Å². The molecule has 27 heavy (non-hydrogen) atoms. The molecule has 1 aliphatic rings. The minimum absolute atomic E-state index is 0.0715. The Bertz CT molecular complexity index is 1040. The number of aromatic nitrogens is 2. The first-order valence-corrected chi connectivity index (χ1v) is 9.14. The lowest BCUT2D eigenvalue weighted by molar-refractivity contribution is -0.127. The van der Waals surface area contributed by atoms with E-state index in [9.17, 15) is 14.4 Å². The smallest absolute Gasteiger partial charge is 0.335 e. The first-order valence-electron chi connectivity index (χ1n) is 8.26. The molecule has 0 aliphatic carbocycles. The molecule has 0 bridgehead atoms. The van der Waals surface area contributed by atoms with Crippen molar-refractivity contribution in [3.05, 3.63) is 52.5 Å². The molecule has 0 spiro atoms. The van der Waals surface area contributed by atoms with Crippen LogP contribution in [-0.2, 0) is 9.59 Å². The van der Waals surface area contributed by atoms with Gasteiger partial charge in [-0.15, -0.1) is 11.3 Å². The number of rotatable bonds is 4. The van der Waals surface area contributed by atoms with Gasteiger partial charge in [0.25, 0.3) is 0 Å². The van der Waals surface area contributed by atoms with E-state index in [0.717, 1.165) is 4.88 Å². The third kappa shape index (κ3) is 2.95. The summed E-state index contributed by atoms with van der Waals surface area (Å²) in [6, 6.07) is 6.39. The fourth-order valence-electron chi connectivity index (χ4n) is 3.38. The van der Waals surface area contributed by atoms with Crippen molar-refractivity contribution in [2.24, 2.45) is 5.92 Å². The van der Waals surface area contributed by atoms with E-state index in [1.165, 1.54) is 29.7 Å². The van der Waals surface area contributed by atoms with E-state index in [0.29, 0.717) is 11.5 Å². The van der Waals surface area contributed by atoms with E-state index in [-0.39, 0.29) is 29.8 Å². The number of amides is 2. The van der Waals surface area contributed by atoms with Crippen LogP contribution in [0, 0.1) is 5.92 Å². The number of imidazole rings is 1. The van der Waals surface area contributed by atoms with Gasteiger partial charge in [0, 0.05) is 24.5 Å². The van der Waals surface area contributed by atoms with Crippen LogP contribution in [0.4, 0.5) is 5.82 Å². The molecule has 0 saturated carbocycles. The number of aromatic carboxylic acids is 1. The van der Waals surface area contributed by atoms with Crippen molar-refractivity contribution < 1.29 is 19.5 Å². The third-order valence-corrected chi connectivity index (χ3v) is 5.71. The monoisotopic (exact) mass is 384 g/mol. The lowest BCUT2D eigenvalue weighted by Gasteiger charge is -2.23. The molecule has 1 aliphatic heterocycles. The largest absolute Gasteiger partial charge is 0.478 e. The zero-order chi connectivity index (χ0) is 19.1. The predicted molar refractivity (Wildman–Crippen MR) is 98.7 cm³/mol. The van der Waals surface area contributed by atoms with E-state index >= 15 is 0 Å². The van der Waals surface area contributed by atoms with Gasteiger partial charge < -0.3 is 15.3 Å². The lowest BCUT2D eigenvalue weighted by Crippen LogP contribution is -2.29. The average Bonchev–Trinajstić information content (AvgIpc) is 3.36. The highest BCUT2D eigenvalue weighted by Gasteiger charge is 2.43. The maximum atomic E-state index is 12.9. The molecule has 2 N–H and O–H groups in total. The Hall–Kier alpha value is -3.20. The summed E-state index contributed by atoms with van der Waals surface area (Å²) < 4.78 is 1.60. The lowest BCUT2D eigenvalue weighted by atomic mass is 9.98. The van der Waals surface area contributed by atoms with Crippen molar-refractivity contribution in [3.63, 3.8) is 0 Å². The molecule has 2 unspecified atom stereocenters. The molecule has 0 aromatic carbocycles. The van der Waals surface area contributed by atoms with Gasteiger partial charge in [0.1, 0.15) is 11.5 Å². The van der Waals surface area contributed by atoms with Crippen LogP contribution in [0.25, 0.3) is 5.65 Å². The molecule has 0 radical (unpaired) electrons. The molecule has 9 heteroatoms. The van der Waals surface area contributed by atoms with Gasteiger partial charge in [-0.2, -0.15) is 0 Å². The van der Waals surface area contributed by atoms with Gasteiger partial charge in [-0.05, 0) is 23.6 Å². The quantitative estimate of drug-likeness (QED) is 0.718. The van der Waals surface area contributed by atoms with E-state index in [1.54, 1.807) is 22.5 Å². The maximum Gasteiger partial charge on any atom is 0.335 e. The third-order valence-electron chi connectivity index (χ3n) is 4.77. The average molecular weight is 384 g/mol. The minimum atomic E-state index is -1.04. The van der Waals surface area contributed by atoms with Crippen molar-refractivity contribution >= 4 is 40.6 Å². The molecule has 1 fully saturated rings. The van der Waals surface area contributed by atoms with Crippen molar-refractivity contribution in [2.45, 2.75) is 12.5 Å². The van der Waals surface area contributed by atoms with Gasteiger partial charge in [0.05, 0.1) is 23.7 Å². The van der Waals surface area contributed by atoms with Crippen LogP contribution < -0.4 is 5.32 Å². The maximum absolute atomic E-state index is 12.9. The predicted octanol–water partition coefficient (Wildman–Crippen LogP) is 2.25. The molecule has 3 aromatic heterocycles. The minimum Gasteiger partial charge on any atom is -0.478 e. The Kier molecular flexibility index (Phi) is 4.15. The number of hydrogen-bond donors (Lipinski definition) is 2. The molecular formula is C18H16N4O4S. The Labute approximate surface area is 158 Å². The summed E-state index contributed by atoms with van der Waals surface area (Å²) in [6.07, 6.45) is 3.16. The number of thiophene rings is 1. The number of fused-ring (bicyclic) bond motifs is 1. The fourth-order valence-corrected chi connectivity index (χ4v) is 4.31. The van der Waals surface area contributed by atoms with E-state index in [2.05, 4.69) is 10.3 Å². The van der Waals surface area contributed by atoms with Crippen molar-refractivity contribution in [2.75, 3.05) is 12.4 Å². The van der Waals surface area contributed by atoms with Gasteiger partial charge >= 0.3 is 5.97 Å². The highest BCUT2D eigenvalue weighted by molar-refractivity contribution is 7.10.